The van der Waals surface area contributed by atoms with Crippen LogP contribution >= 0.6 is 0 Å². The Labute approximate surface area is 96.2 Å². The first-order valence-corrected chi connectivity index (χ1v) is 5.89. The van der Waals surface area contributed by atoms with Crippen molar-refractivity contribution in [2.24, 2.45) is 5.73 Å². The predicted octanol–water partition coefficient (Wildman–Crippen LogP) is 0.959. The molecular formula is C8H10F2N2O4S. The molecule has 1 aromatic rings. The number of nitrogens with one attached hydrogen (secondary N) is 1. The summed E-state index contributed by atoms with van der Waals surface area (Å²) in [6, 6.07) is 2.23. The zero-order chi connectivity index (χ0) is 13.6. The van der Waals surface area contributed by atoms with Crippen molar-refractivity contribution in [3.05, 3.63) is 29.8 Å². The van der Waals surface area contributed by atoms with Crippen LogP contribution in [-0.4, -0.2) is 25.3 Å². The van der Waals surface area contributed by atoms with Crippen molar-refractivity contribution in [3.8, 4) is 0 Å². The summed E-state index contributed by atoms with van der Waals surface area (Å²) in [5, 5.41) is 1.83. The van der Waals surface area contributed by atoms with Gasteiger partial charge in [0, 0.05) is 0 Å². The van der Waals surface area contributed by atoms with E-state index >= 15 is 0 Å². The summed E-state index contributed by atoms with van der Waals surface area (Å²) < 4.78 is 51.3. The normalized spacial score (nSPS) is 10.1. The van der Waals surface area contributed by atoms with Gasteiger partial charge in [0.2, 0.25) is 0 Å². The lowest BCUT2D eigenvalue weighted by atomic mass is 10.3. The first kappa shape index (κ1) is 15.3. The second-order valence-electron chi connectivity index (χ2n) is 2.82. The van der Waals surface area contributed by atoms with Crippen molar-refractivity contribution in [3.63, 3.8) is 0 Å². The molecule has 0 spiro atoms. The Morgan fingerprint density at radius 1 is 1.35 bits per heavy atom. The van der Waals surface area contributed by atoms with Crippen molar-refractivity contribution < 1.29 is 26.5 Å². The molecule has 0 saturated carbocycles. The van der Waals surface area contributed by atoms with Crippen molar-refractivity contribution in [2.75, 3.05) is 11.6 Å². The number of carbonyl (C=O) groups excluding carboxylic acids is 1. The fourth-order valence-electron chi connectivity index (χ4n) is 0.740. The molecule has 0 fully saturated rings. The smallest absolute Gasteiger partial charge is 0.316 e. The second kappa shape index (κ2) is 6.11. The van der Waals surface area contributed by atoms with Crippen LogP contribution in [-0.2, 0) is 10.1 Å². The van der Waals surface area contributed by atoms with Crippen LogP contribution in [0.15, 0.2) is 18.2 Å². The maximum atomic E-state index is 12.7. The number of halogens is 2. The zero-order valence-electron chi connectivity index (χ0n) is 8.65. The van der Waals surface area contributed by atoms with Gasteiger partial charge in [-0.05, 0) is 12.1 Å². The largest absolute Gasteiger partial charge is 0.351 e. The molecule has 0 atom stereocenters. The molecule has 4 N–H and O–H groups in total. The molecule has 0 aromatic heterocycles. The first-order chi connectivity index (χ1) is 7.61. The molecule has 0 radical (unpaired) electrons. The first-order valence-electron chi connectivity index (χ1n) is 4.04. The van der Waals surface area contributed by atoms with E-state index in [4.69, 9.17) is 4.55 Å². The van der Waals surface area contributed by atoms with Crippen LogP contribution in [0.5, 0.6) is 0 Å². The van der Waals surface area contributed by atoms with Gasteiger partial charge >= 0.3 is 6.03 Å². The highest BCUT2D eigenvalue weighted by Crippen LogP contribution is 2.17. The van der Waals surface area contributed by atoms with Crippen LogP contribution in [0.4, 0.5) is 19.3 Å². The number of primary amides is 1. The molecule has 0 heterocycles. The van der Waals surface area contributed by atoms with Crippen LogP contribution in [0.2, 0.25) is 0 Å². The summed E-state index contributed by atoms with van der Waals surface area (Å²) in [6.45, 7) is 0. The third-order valence-electron chi connectivity index (χ3n) is 1.21. The fraction of sp³-hybridized carbons (Fsp3) is 0.125. The topological polar surface area (TPSA) is 109 Å². The molecular weight excluding hydrogens is 258 g/mol. The Morgan fingerprint density at radius 3 is 2.00 bits per heavy atom. The predicted molar refractivity (Wildman–Crippen MR) is 57.0 cm³/mol. The molecule has 1 rings (SSSR count). The number of hydrogen-bond donors (Lipinski definition) is 3. The van der Waals surface area contributed by atoms with E-state index in [2.05, 4.69) is 5.73 Å². The maximum Gasteiger partial charge on any atom is 0.316 e. The molecule has 1 aromatic carbocycles. The van der Waals surface area contributed by atoms with Gasteiger partial charge < -0.3 is 11.1 Å². The van der Waals surface area contributed by atoms with E-state index in [0.29, 0.717) is 6.26 Å². The minimum atomic E-state index is -3.67. The van der Waals surface area contributed by atoms with E-state index in [0.717, 1.165) is 12.1 Å². The van der Waals surface area contributed by atoms with Crippen LogP contribution in [0.25, 0.3) is 0 Å². The number of hydrogen-bond acceptors (Lipinski definition) is 3. The summed E-state index contributed by atoms with van der Waals surface area (Å²) in [5.41, 5.74) is 4.16. The average Bonchev–Trinajstić information content (AvgIpc) is 2.08. The van der Waals surface area contributed by atoms with Gasteiger partial charge in [0.1, 0.15) is 17.3 Å². The summed E-state index contributed by atoms with van der Waals surface area (Å²) in [6.07, 6.45) is 0.715. The molecule has 9 heteroatoms. The van der Waals surface area contributed by atoms with E-state index in [9.17, 15) is 22.0 Å². The molecule has 0 saturated heterocycles. The maximum absolute atomic E-state index is 12.7. The number of benzene rings is 1. The number of carbonyl (C=O) groups is 1. The van der Waals surface area contributed by atoms with Crippen LogP contribution in [0, 0.1) is 11.6 Å². The van der Waals surface area contributed by atoms with E-state index in [-0.39, 0.29) is 0 Å². The average molecular weight is 268 g/mol. The molecule has 6 nitrogen and oxygen atoms in total. The number of anilines is 1. The Hall–Kier alpha value is -1.74. The van der Waals surface area contributed by atoms with E-state index in [1.807, 2.05) is 5.32 Å². The molecule has 17 heavy (non-hydrogen) atoms. The summed E-state index contributed by atoms with van der Waals surface area (Å²) in [4.78, 5) is 10.3. The third kappa shape index (κ3) is 8.11. The molecule has 0 aliphatic carbocycles. The highest BCUT2D eigenvalue weighted by Gasteiger charge is 2.08. The van der Waals surface area contributed by atoms with Gasteiger partial charge in [-0.2, -0.15) is 8.42 Å². The number of amides is 2. The number of urea groups is 1. The highest BCUT2D eigenvalue weighted by atomic mass is 32.2. The molecule has 96 valence electrons. The van der Waals surface area contributed by atoms with Gasteiger partial charge in [-0.3, -0.25) is 4.55 Å². The molecule has 0 unspecified atom stereocenters. The minimum absolute atomic E-state index is 0.523. The Kier molecular flexibility index (Phi) is 5.48. The van der Waals surface area contributed by atoms with Gasteiger partial charge in [-0.25, -0.2) is 13.6 Å². The van der Waals surface area contributed by atoms with Crippen LogP contribution in [0.1, 0.15) is 0 Å². The lowest BCUT2D eigenvalue weighted by Gasteiger charge is -2.03. The Morgan fingerprint density at radius 2 is 1.71 bits per heavy atom. The minimum Gasteiger partial charge on any atom is -0.351 e. The Balaban J connectivity index is 0.000000437. The quantitative estimate of drug-likeness (QED) is 0.659. The number of nitrogens with two attached hydrogens (primary N) is 1. The van der Waals surface area contributed by atoms with Gasteiger partial charge in [0.05, 0.1) is 6.26 Å². The van der Waals surface area contributed by atoms with Gasteiger partial charge in [-0.1, -0.05) is 6.07 Å². The zero-order valence-corrected chi connectivity index (χ0v) is 9.46. The monoisotopic (exact) mass is 268 g/mol. The van der Waals surface area contributed by atoms with E-state index in [1.165, 1.54) is 6.07 Å². The summed E-state index contributed by atoms with van der Waals surface area (Å²) >= 11 is 0. The standard InChI is InChI=1S/C7H6F2N2O.CH4O3S/c8-4-2-1-3-5(9)6(4)11-7(10)12;1-5(2,3)4/h1-3H,(H3,10,11,12);1H3,(H,2,3,4). The number of rotatable bonds is 1. The summed E-state index contributed by atoms with van der Waals surface area (Å²) in [7, 11) is -3.67. The van der Waals surface area contributed by atoms with Crippen LogP contribution in [0.3, 0.4) is 0 Å². The highest BCUT2D eigenvalue weighted by molar-refractivity contribution is 7.85. The Bertz CT molecular complexity index is 476. The van der Waals surface area contributed by atoms with Crippen molar-refractivity contribution in [1.29, 1.82) is 0 Å². The lowest BCUT2D eigenvalue weighted by Crippen LogP contribution is -2.20. The SMILES string of the molecule is CS(=O)(=O)O.NC(=O)Nc1c(F)cccc1F. The van der Waals surface area contributed by atoms with Gasteiger partial charge in [0.25, 0.3) is 10.1 Å². The fourth-order valence-corrected chi connectivity index (χ4v) is 0.740. The van der Waals surface area contributed by atoms with Gasteiger partial charge in [-0.15, -0.1) is 0 Å². The van der Waals surface area contributed by atoms with Crippen LogP contribution < -0.4 is 11.1 Å². The van der Waals surface area contributed by atoms with Crippen molar-refractivity contribution in [1.82, 2.24) is 0 Å². The van der Waals surface area contributed by atoms with Gasteiger partial charge in [0.15, 0.2) is 0 Å². The van der Waals surface area contributed by atoms with Crippen molar-refractivity contribution >= 4 is 21.8 Å². The molecule has 0 aliphatic heterocycles. The third-order valence-corrected chi connectivity index (χ3v) is 1.21. The number of para-hydroxylation sites is 1. The molecule has 0 bridgehead atoms. The van der Waals surface area contributed by atoms with E-state index < -0.39 is 33.5 Å². The lowest BCUT2D eigenvalue weighted by molar-refractivity contribution is 0.259. The molecule has 0 aliphatic rings. The second-order valence-corrected chi connectivity index (χ2v) is 4.28. The summed E-state index contributed by atoms with van der Waals surface area (Å²) in [5.74, 6) is -1.71. The van der Waals surface area contributed by atoms with Crippen molar-refractivity contribution in [2.45, 2.75) is 0 Å². The van der Waals surface area contributed by atoms with E-state index in [1.54, 1.807) is 0 Å². The molecule has 2 amide bonds.